The zero-order valence-corrected chi connectivity index (χ0v) is 18.1. The molecule has 5 nitrogen and oxygen atoms in total. The normalized spacial score (nSPS) is 11.4. The van der Waals surface area contributed by atoms with Crippen molar-refractivity contribution in [3.8, 4) is 11.3 Å². The number of aromatic nitrogens is 1. The summed E-state index contributed by atoms with van der Waals surface area (Å²) in [6.07, 6.45) is -0.188. The van der Waals surface area contributed by atoms with Crippen LogP contribution in [0.25, 0.3) is 11.3 Å². The van der Waals surface area contributed by atoms with Crippen LogP contribution in [0.5, 0.6) is 0 Å². The van der Waals surface area contributed by atoms with Crippen molar-refractivity contribution in [2.75, 3.05) is 11.1 Å². The molecule has 0 spiro atoms. The number of rotatable bonds is 6. The monoisotopic (exact) mass is 474 g/mol. The van der Waals surface area contributed by atoms with Crippen molar-refractivity contribution in [2.24, 2.45) is 0 Å². The van der Waals surface area contributed by atoms with Crippen molar-refractivity contribution in [1.29, 1.82) is 0 Å². The van der Waals surface area contributed by atoms with Gasteiger partial charge in [-0.25, -0.2) is 13.4 Å². The van der Waals surface area contributed by atoms with Crippen molar-refractivity contribution >= 4 is 67.0 Å². The van der Waals surface area contributed by atoms with Crippen LogP contribution in [0.1, 0.15) is 6.42 Å². The summed E-state index contributed by atoms with van der Waals surface area (Å²) in [6, 6.07) is 10.9. The van der Waals surface area contributed by atoms with E-state index in [0.717, 1.165) is 5.56 Å². The van der Waals surface area contributed by atoms with Crippen LogP contribution < -0.4 is 5.32 Å². The molecule has 1 heterocycles. The first-order valence-corrected chi connectivity index (χ1v) is 11.6. The van der Waals surface area contributed by atoms with E-state index in [1.807, 2.05) is 0 Å². The molecule has 10 heteroatoms. The lowest BCUT2D eigenvalue weighted by Gasteiger charge is -2.05. The molecule has 0 atom stereocenters. The van der Waals surface area contributed by atoms with Gasteiger partial charge in [0.25, 0.3) is 0 Å². The summed E-state index contributed by atoms with van der Waals surface area (Å²) in [4.78, 5) is 16.6. The number of hydrogen-bond acceptors (Lipinski definition) is 5. The predicted molar refractivity (Wildman–Crippen MR) is 114 cm³/mol. The lowest BCUT2D eigenvalue weighted by atomic mass is 10.2. The number of halogens is 3. The van der Waals surface area contributed by atoms with Crippen LogP contribution >= 0.6 is 46.1 Å². The van der Waals surface area contributed by atoms with Crippen molar-refractivity contribution in [3.63, 3.8) is 0 Å². The Labute approximate surface area is 181 Å². The Bertz CT molecular complexity index is 1110. The molecule has 0 bridgehead atoms. The number of carbonyl (C=O) groups excluding carboxylic acids is 1. The first-order chi connectivity index (χ1) is 13.2. The standard InChI is InChI=1S/C18H13Cl3N2O3S2/c19-12-2-4-13(5-3-12)28(25,26)8-7-17(24)23-18-22-16(10-27-18)11-1-6-14(20)15(21)9-11/h1-6,9-10H,7-8H2,(H,22,23,24). The molecule has 0 aliphatic carbocycles. The number of sulfone groups is 1. The molecule has 0 fully saturated rings. The Hall–Kier alpha value is -1.64. The minimum absolute atomic E-state index is 0.126. The lowest BCUT2D eigenvalue weighted by Crippen LogP contribution is -2.17. The smallest absolute Gasteiger partial charge is 0.227 e. The second-order valence-electron chi connectivity index (χ2n) is 5.74. The Kier molecular flexibility index (Phi) is 6.62. The maximum Gasteiger partial charge on any atom is 0.227 e. The van der Waals surface area contributed by atoms with Crippen LogP contribution in [0, 0.1) is 0 Å². The zero-order chi connectivity index (χ0) is 20.3. The van der Waals surface area contributed by atoms with E-state index in [9.17, 15) is 13.2 Å². The fraction of sp³-hybridized carbons (Fsp3) is 0.111. The Balaban J connectivity index is 1.61. The number of nitrogens with one attached hydrogen (secondary N) is 1. The molecule has 0 aliphatic heterocycles. The lowest BCUT2D eigenvalue weighted by molar-refractivity contribution is -0.115. The number of amides is 1. The van der Waals surface area contributed by atoms with Crippen LogP contribution in [0.4, 0.5) is 5.13 Å². The van der Waals surface area contributed by atoms with Crippen LogP contribution in [0.2, 0.25) is 15.1 Å². The molecule has 1 N–H and O–H groups in total. The number of thiazole rings is 1. The molecule has 2 aromatic carbocycles. The van der Waals surface area contributed by atoms with E-state index in [-0.39, 0.29) is 17.1 Å². The number of carbonyl (C=O) groups is 1. The quantitative estimate of drug-likeness (QED) is 0.505. The van der Waals surface area contributed by atoms with E-state index in [1.165, 1.54) is 35.6 Å². The topological polar surface area (TPSA) is 76.1 Å². The molecule has 0 unspecified atom stereocenters. The molecule has 0 aliphatic rings. The van der Waals surface area contributed by atoms with Gasteiger partial charge >= 0.3 is 0 Å². The Morgan fingerprint density at radius 2 is 1.75 bits per heavy atom. The highest BCUT2D eigenvalue weighted by Gasteiger charge is 2.17. The SMILES string of the molecule is O=C(CCS(=O)(=O)c1ccc(Cl)cc1)Nc1nc(-c2ccc(Cl)c(Cl)c2)cs1. The van der Waals surface area contributed by atoms with Gasteiger partial charge in [0.2, 0.25) is 5.91 Å². The van der Waals surface area contributed by atoms with Crippen molar-refractivity contribution in [3.05, 3.63) is 62.9 Å². The summed E-state index contributed by atoms with van der Waals surface area (Å²) < 4.78 is 24.6. The van der Waals surface area contributed by atoms with E-state index >= 15 is 0 Å². The van der Waals surface area contributed by atoms with Crippen LogP contribution in [0.15, 0.2) is 52.7 Å². The van der Waals surface area contributed by atoms with Gasteiger partial charge in [-0.1, -0.05) is 40.9 Å². The summed E-state index contributed by atoms with van der Waals surface area (Å²) in [5.74, 6) is -0.751. The van der Waals surface area contributed by atoms with Gasteiger partial charge in [-0.2, -0.15) is 0 Å². The molecule has 1 amide bonds. The average Bonchev–Trinajstić information content (AvgIpc) is 3.11. The van der Waals surface area contributed by atoms with Gasteiger partial charge in [0, 0.05) is 22.4 Å². The number of nitrogens with zero attached hydrogens (tertiary/aromatic N) is 1. The van der Waals surface area contributed by atoms with Gasteiger partial charge in [0.15, 0.2) is 15.0 Å². The third-order valence-corrected chi connectivity index (χ3v) is 7.22. The third kappa shape index (κ3) is 5.24. The molecule has 0 saturated carbocycles. The maximum atomic E-state index is 12.3. The van der Waals surface area contributed by atoms with Crippen LogP contribution in [0.3, 0.4) is 0 Å². The van der Waals surface area contributed by atoms with E-state index in [1.54, 1.807) is 23.6 Å². The van der Waals surface area contributed by atoms with Gasteiger partial charge < -0.3 is 5.32 Å². The van der Waals surface area contributed by atoms with E-state index in [4.69, 9.17) is 34.8 Å². The highest BCUT2D eigenvalue weighted by atomic mass is 35.5. The van der Waals surface area contributed by atoms with Crippen molar-refractivity contribution in [1.82, 2.24) is 4.98 Å². The second kappa shape index (κ2) is 8.80. The van der Waals surface area contributed by atoms with E-state index in [2.05, 4.69) is 10.3 Å². The molecule has 0 saturated heterocycles. The minimum Gasteiger partial charge on any atom is -0.302 e. The van der Waals surface area contributed by atoms with E-state index < -0.39 is 15.7 Å². The Morgan fingerprint density at radius 3 is 2.43 bits per heavy atom. The van der Waals surface area contributed by atoms with Crippen LogP contribution in [-0.2, 0) is 14.6 Å². The molecule has 146 valence electrons. The minimum atomic E-state index is -3.57. The maximum absolute atomic E-state index is 12.3. The van der Waals surface area contributed by atoms with E-state index in [0.29, 0.717) is 25.9 Å². The molecule has 0 radical (unpaired) electrons. The van der Waals surface area contributed by atoms with Gasteiger partial charge in [-0.3, -0.25) is 4.79 Å². The first-order valence-electron chi connectivity index (χ1n) is 7.94. The number of benzene rings is 2. The largest absolute Gasteiger partial charge is 0.302 e. The molecule has 3 aromatic rings. The fourth-order valence-corrected chi connectivity index (χ4v) is 4.69. The molecular formula is C18H13Cl3N2O3S2. The van der Waals surface area contributed by atoms with Crippen molar-refractivity contribution < 1.29 is 13.2 Å². The average molecular weight is 476 g/mol. The van der Waals surface area contributed by atoms with Gasteiger partial charge in [0.05, 0.1) is 26.4 Å². The summed E-state index contributed by atoms with van der Waals surface area (Å²) in [5.41, 5.74) is 1.39. The first kappa shape index (κ1) is 21.1. The predicted octanol–water partition coefficient (Wildman–Crippen LogP) is 5.57. The third-order valence-electron chi connectivity index (χ3n) is 3.74. The summed E-state index contributed by atoms with van der Waals surface area (Å²) in [7, 11) is -3.57. The molecular weight excluding hydrogens is 463 g/mol. The summed E-state index contributed by atoms with van der Waals surface area (Å²) in [5, 5.41) is 6.04. The van der Waals surface area contributed by atoms with Gasteiger partial charge in [0.1, 0.15) is 0 Å². The van der Waals surface area contributed by atoms with Gasteiger partial charge in [-0.05, 0) is 36.4 Å². The highest BCUT2D eigenvalue weighted by Crippen LogP contribution is 2.30. The fourth-order valence-electron chi connectivity index (χ4n) is 2.29. The molecule has 3 rings (SSSR count). The van der Waals surface area contributed by atoms with Crippen molar-refractivity contribution in [2.45, 2.75) is 11.3 Å². The number of hydrogen-bond donors (Lipinski definition) is 1. The van der Waals surface area contributed by atoms with Gasteiger partial charge in [-0.15, -0.1) is 11.3 Å². The molecule has 28 heavy (non-hydrogen) atoms. The Morgan fingerprint density at radius 1 is 1.04 bits per heavy atom. The van der Waals surface area contributed by atoms with Crippen LogP contribution in [-0.4, -0.2) is 25.1 Å². The highest BCUT2D eigenvalue weighted by molar-refractivity contribution is 7.91. The second-order valence-corrected chi connectivity index (χ2v) is 9.96. The summed E-state index contributed by atoms with van der Waals surface area (Å²) in [6.45, 7) is 0. The number of anilines is 1. The zero-order valence-electron chi connectivity index (χ0n) is 14.2. The summed E-state index contributed by atoms with van der Waals surface area (Å²) >= 11 is 18.9. The molecule has 1 aromatic heterocycles.